The summed E-state index contributed by atoms with van der Waals surface area (Å²) in [6.45, 7) is 1.42. The summed E-state index contributed by atoms with van der Waals surface area (Å²) in [7, 11) is 0. The molecular weight excluding hydrogens is 282 g/mol. The van der Waals surface area contributed by atoms with Gasteiger partial charge in [-0.1, -0.05) is 28.1 Å². The van der Waals surface area contributed by atoms with Crippen molar-refractivity contribution in [1.82, 2.24) is 5.32 Å². The lowest BCUT2D eigenvalue weighted by atomic mass is 10.1. The molecule has 1 unspecified atom stereocenters. The minimum atomic E-state index is 0.114. The highest BCUT2D eigenvalue weighted by atomic mass is 79.9. The molecule has 0 saturated carbocycles. The largest absolute Gasteiger partial charge is 0.379 e. The summed E-state index contributed by atoms with van der Waals surface area (Å²) in [4.78, 5) is 11.7. The number of hydrogen-bond donors (Lipinski definition) is 1. The van der Waals surface area contributed by atoms with Crippen LogP contribution in [0.3, 0.4) is 0 Å². The Kier molecular flexibility index (Phi) is 4.57. The maximum Gasteiger partial charge on any atom is 0.220 e. The van der Waals surface area contributed by atoms with Crippen LogP contribution in [0.2, 0.25) is 0 Å². The van der Waals surface area contributed by atoms with Crippen molar-refractivity contribution in [2.75, 3.05) is 13.2 Å². The second-order valence-corrected chi connectivity index (χ2v) is 5.17. The smallest absolute Gasteiger partial charge is 0.220 e. The molecule has 1 aliphatic heterocycles. The molecule has 0 aliphatic carbocycles. The standard InChI is InChI=1S/C13H16BrNO2/c14-11-4-1-10(2-5-11)3-6-13(16)15-12-7-8-17-9-12/h1-2,4-5,12H,3,6-9H2,(H,15,16). The molecule has 92 valence electrons. The zero-order chi connectivity index (χ0) is 12.1. The summed E-state index contributed by atoms with van der Waals surface area (Å²) in [5.41, 5.74) is 1.19. The van der Waals surface area contributed by atoms with Crippen LogP contribution in [-0.2, 0) is 16.0 Å². The topological polar surface area (TPSA) is 38.3 Å². The first-order valence-electron chi connectivity index (χ1n) is 5.85. The minimum absolute atomic E-state index is 0.114. The number of benzene rings is 1. The normalized spacial score (nSPS) is 19.2. The highest BCUT2D eigenvalue weighted by Crippen LogP contribution is 2.12. The van der Waals surface area contributed by atoms with Crippen molar-refractivity contribution in [3.63, 3.8) is 0 Å². The van der Waals surface area contributed by atoms with Gasteiger partial charge in [-0.25, -0.2) is 0 Å². The molecule has 1 aromatic rings. The molecule has 4 heteroatoms. The van der Waals surface area contributed by atoms with Crippen LogP contribution < -0.4 is 5.32 Å². The number of halogens is 1. The Hall–Kier alpha value is -0.870. The molecule has 1 heterocycles. The van der Waals surface area contributed by atoms with Crippen molar-refractivity contribution in [3.8, 4) is 0 Å². The molecule has 1 aromatic carbocycles. The number of rotatable bonds is 4. The Morgan fingerprint density at radius 3 is 2.82 bits per heavy atom. The molecule has 1 saturated heterocycles. The quantitative estimate of drug-likeness (QED) is 0.926. The highest BCUT2D eigenvalue weighted by molar-refractivity contribution is 9.10. The SMILES string of the molecule is O=C(CCc1ccc(Br)cc1)NC1CCOC1. The van der Waals surface area contributed by atoms with Crippen LogP contribution in [0, 0.1) is 0 Å². The molecule has 1 aliphatic rings. The van der Waals surface area contributed by atoms with Crippen LogP contribution in [-0.4, -0.2) is 25.2 Å². The van der Waals surface area contributed by atoms with E-state index in [9.17, 15) is 4.79 Å². The van der Waals surface area contributed by atoms with E-state index in [-0.39, 0.29) is 11.9 Å². The highest BCUT2D eigenvalue weighted by Gasteiger charge is 2.17. The number of amides is 1. The fourth-order valence-electron chi connectivity index (χ4n) is 1.86. The van der Waals surface area contributed by atoms with Crippen molar-refractivity contribution < 1.29 is 9.53 Å². The van der Waals surface area contributed by atoms with E-state index in [0.717, 1.165) is 23.9 Å². The molecule has 0 bridgehead atoms. The molecular formula is C13H16BrNO2. The van der Waals surface area contributed by atoms with E-state index in [4.69, 9.17) is 4.74 Å². The predicted octanol–water partition coefficient (Wildman–Crippen LogP) is 2.29. The molecule has 0 radical (unpaired) electrons. The van der Waals surface area contributed by atoms with Gasteiger partial charge in [0.25, 0.3) is 0 Å². The summed E-state index contributed by atoms with van der Waals surface area (Å²) in [6.07, 6.45) is 2.26. The van der Waals surface area contributed by atoms with Gasteiger partial charge < -0.3 is 10.1 Å². The molecule has 1 atom stereocenters. The Morgan fingerprint density at radius 2 is 2.18 bits per heavy atom. The first-order valence-corrected chi connectivity index (χ1v) is 6.65. The third-order valence-corrected chi connectivity index (χ3v) is 3.38. The van der Waals surface area contributed by atoms with Gasteiger partial charge >= 0.3 is 0 Å². The van der Waals surface area contributed by atoms with Gasteiger partial charge in [0.05, 0.1) is 12.6 Å². The zero-order valence-corrected chi connectivity index (χ0v) is 11.2. The molecule has 1 amide bonds. The van der Waals surface area contributed by atoms with Crippen LogP contribution in [0.5, 0.6) is 0 Å². The van der Waals surface area contributed by atoms with Gasteiger partial charge in [-0.3, -0.25) is 4.79 Å². The minimum Gasteiger partial charge on any atom is -0.379 e. The summed E-state index contributed by atoms with van der Waals surface area (Å²) >= 11 is 3.39. The number of aryl methyl sites for hydroxylation is 1. The van der Waals surface area contributed by atoms with Crippen molar-refractivity contribution in [1.29, 1.82) is 0 Å². The lowest BCUT2D eigenvalue weighted by molar-refractivity contribution is -0.121. The van der Waals surface area contributed by atoms with Crippen LogP contribution in [0.15, 0.2) is 28.7 Å². The lowest BCUT2D eigenvalue weighted by Crippen LogP contribution is -2.35. The second-order valence-electron chi connectivity index (χ2n) is 4.25. The van der Waals surface area contributed by atoms with Gasteiger partial charge in [0.15, 0.2) is 0 Å². The van der Waals surface area contributed by atoms with E-state index in [2.05, 4.69) is 21.2 Å². The monoisotopic (exact) mass is 297 g/mol. The van der Waals surface area contributed by atoms with Crippen molar-refractivity contribution in [2.24, 2.45) is 0 Å². The van der Waals surface area contributed by atoms with E-state index < -0.39 is 0 Å². The molecule has 1 N–H and O–H groups in total. The van der Waals surface area contributed by atoms with Crippen molar-refractivity contribution in [2.45, 2.75) is 25.3 Å². The lowest BCUT2D eigenvalue weighted by Gasteiger charge is -2.10. The van der Waals surface area contributed by atoms with Gasteiger partial charge in [0, 0.05) is 17.5 Å². The Labute approximate surface area is 110 Å². The van der Waals surface area contributed by atoms with Crippen molar-refractivity contribution in [3.05, 3.63) is 34.3 Å². The summed E-state index contributed by atoms with van der Waals surface area (Å²) in [6, 6.07) is 8.29. The fourth-order valence-corrected chi connectivity index (χ4v) is 2.12. The molecule has 0 spiro atoms. The Balaban J connectivity index is 1.73. The molecule has 17 heavy (non-hydrogen) atoms. The van der Waals surface area contributed by atoms with E-state index >= 15 is 0 Å². The summed E-state index contributed by atoms with van der Waals surface area (Å²) in [5.74, 6) is 0.114. The van der Waals surface area contributed by atoms with E-state index in [1.54, 1.807) is 0 Å². The summed E-state index contributed by atoms with van der Waals surface area (Å²) in [5, 5.41) is 2.99. The van der Waals surface area contributed by atoms with Gasteiger partial charge in [0.2, 0.25) is 5.91 Å². The van der Waals surface area contributed by atoms with E-state index in [0.29, 0.717) is 13.0 Å². The van der Waals surface area contributed by atoms with Gasteiger partial charge in [-0.15, -0.1) is 0 Å². The number of nitrogens with one attached hydrogen (secondary N) is 1. The maximum absolute atomic E-state index is 11.7. The molecule has 1 fully saturated rings. The number of ether oxygens (including phenoxy) is 1. The Morgan fingerprint density at radius 1 is 1.41 bits per heavy atom. The van der Waals surface area contributed by atoms with Crippen LogP contribution in [0.25, 0.3) is 0 Å². The van der Waals surface area contributed by atoms with Crippen molar-refractivity contribution >= 4 is 21.8 Å². The van der Waals surface area contributed by atoms with Gasteiger partial charge in [-0.05, 0) is 30.5 Å². The molecule has 3 nitrogen and oxygen atoms in total. The predicted molar refractivity (Wildman–Crippen MR) is 69.8 cm³/mol. The number of carbonyl (C=O) groups excluding carboxylic acids is 1. The van der Waals surface area contributed by atoms with Crippen LogP contribution >= 0.6 is 15.9 Å². The third-order valence-electron chi connectivity index (χ3n) is 2.85. The molecule has 2 rings (SSSR count). The average Bonchev–Trinajstić information content (AvgIpc) is 2.81. The molecule has 0 aromatic heterocycles. The first kappa shape index (κ1) is 12.6. The Bertz CT molecular complexity index is 372. The second kappa shape index (κ2) is 6.17. The number of hydrogen-bond acceptors (Lipinski definition) is 2. The zero-order valence-electron chi connectivity index (χ0n) is 9.62. The first-order chi connectivity index (χ1) is 8.24. The summed E-state index contributed by atoms with van der Waals surface area (Å²) < 4.78 is 6.28. The third kappa shape index (κ3) is 4.13. The number of carbonyl (C=O) groups is 1. The van der Waals surface area contributed by atoms with Crippen LogP contribution in [0.1, 0.15) is 18.4 Å². The van der Waals surface area contributed by atoms with E-state index in [1.807, 2.05) is 24.3 Å². The van der Waals surface area contributed by atoms with Gasteiger partial charge in [0.1, 0.15) is 0 Å². The van der Waals surface area contributed by atoms with Gasteiger partial charge in [-0.2, -0.15) is 0 Å². The maximum atomic E-state index is 11.7. The average molecular weight is 298 g/mol. The van der Waals surface area contributed by atoms with Crippen LogP contribution in [0.4, 0.5) is 0 Å². The van der Waals surface area contributed by atoms with E-state index in [1.165, 1.54) is 5.56 Å². The fraction of sp³-hybridized carbons (Fsp3) is 0.462.